The van der Waals surface area contributed by atoms with E-state index < -0.39 is 5.91 Å². The van der Waals surface area contributed by atoms with Gasteiger partial charge in [0.1, 0.15) is 5.75 Å². The van der Waals surface area contributed by atoms with Gasteiger partial charge in [-0.15, -0.1) is 0 Å². The van der Waals surface area contributed by atoms with Crippen LogP contribution in [0, 0.1) is 0 Å². The molecule has 0 aromatic heterocycles. The molecule has 1 heterocycles. The molecule has 0 atom stereocenters. The Balaban J connectivity index is 1.79. The van der Waals surface area contributed by atoms with Crippen LogP contribution in [0.25, 0.3) is 0 Å². The lowest BCUT2D eigenvalue weighted by Gasteiger charge is -2.07. The molecule has 0 bridgehead atoms. The van der Waals surface area contributed by atoms with Gasteiger partial charge in [0.05, 0.1) is 17.7 Å². The van der Waals surface area contributed by atoms with Gasteiger partial charge in [-0.05, 0) is 49.4 Å². The van der Waals surface area contributed by atoms with Crippen LogP contribution in [0.4, 0.5) is 5.69 Å². The van der Waals surface area contributed by atoms with E-state index in [9.17, 15) is 14.4 Å². The summed E-state index contributed by atoms with van der Waals surface area (Å²) < 4.78 is 5.35. The molecule has 3 rings (SSSR count). The molecule has 0 saturated carbocycles. The van der Waals surface area contributed by atoms with Crippen LogP contribution in [0.3, 0.4) is 0 Å². The number of carbonyl (C=O) groups is 3. The highest BCUT2D eigenvalue weighted by atomic mass is 16.5. The predicted molar refractivity (Wildman–Crippen MR) is 88.4 cm³/mol. The van der Waals surface area contributed by atoms with Crippen molar-refractivity contribution in [3.63, 3.8) is 0 Å². The third-order valence-electron chi connectivity index (χ3n) is 3.78. The Hall–Kier alpha value is -3.15. The van der Waals surface area contributed by atoms with Gasteiger partial charge in [-0.2, -0.15) is 0 Å². The molecule has 1 aliphatic heterocycles. The molecule has 1 N–H and O–H groups in total. The number of anilines is 1. The van der Waals surface area contributed by atoms with Gasteiger partial charge in [0.25, 0.3) is 17.7 Å². The maximum atomic E-state index is 12.3. The van der Waals surface area contributed by atoms with Gasteiger partial charge in [-0.25, -0.2) is 0 Å². The molecule has 1 aliphatic rings. The fraction of sp³-hybridized carbons (Fsp3) is 0.167. The zero-order chi connectivity index (χ0) is 17.3. The van der Waals surface area contributed by atoms with Crippen molar-refractivity contribution in [3.8, 4) is 5.75 Å². The first-order chi connectivity index (χ1) is 11.5. The molecule has 122 valence electrons. The summed E-state index contributed by atoms with van der Waals surface area (Å²) in [4.78, 5) is 37.2. The highest BCUT2D eigenvalue weighted by Crippen LogP contribution is 2.23. The van der Waals surface area contributed by atoms with Crippen LogP contribution >= 0.6 is 0 Å². The Bertz CT molecular complexity index is 827. The van der Waals surface area contributed by atoms with Gasteiger partial charge in [0, 0.05) is 18.3 Å². The normalized spacial score (nSPS) is 13.0. The first-order valence-corrected chi connectivity index (χ1v) is 7.52. The van der Waals surface area contributed by atoms with Crippen LogP contribution < -0.4 is 10.1 Å². The molecule has 0 unspecified atom stereocenters. The largest absolute Gasteiger partial charge is 0.494 e. The number of nitrogens with zero attached hydrogens (tertiary/aromatic N) is 1. The van der Waals surface area contributed by atoms with Gasteiger partial charge in [-0.3, -0.25) is 19.3 Å². The van der Waals surface area contributed by atoms with Gasteiger partial charge in [-0.1, -0.05) is 0 Å². The van der Waals surface area contributed by atoms with Crippen LogP contribution in [0.5, 0.6) is 5.75 Å². The number of carbonyl (C=O) groups excluding carboxylic acids is 3. The maximum Gasteiger partial charge on any atom is 0.261 e. The van der Waals surface area contributed by atoms with Gasteiger partial charge in [0.2, 0.25) is 0 Å². The third-order valence-corrected chi connectivity index (χ3v) is 3.78. The molecule has 2 aromatic carbocycles. The van der Waals surface area contributed by atoms with Crippen LogP contribution in [0.15, 0.2) is 42.5 Å². The molecule has 6 nitrogen and oxygen atoms in total. The van der Waals surface area contributed by atoms with Crippen LogP contribution in [-0.2, 0) is 0 Å². The molecule has 0 fully saturated rings. The van der Waals surface area contributed by atoms with Crippen LogP contribution in [-0.4, -0.2) is 36.3 Å². The molecule has 0 saturated heterocycles. The molecule has 0 radical (unpaired) electrons. The lowest BCUT2D eigenvalue weighted by Crippen LogP contribution is -2.24. The van der Waals surface area contributed by atoms with E-state index in [2.05, 4.69) is 5.32 Å². The second-order valence-electron chi connectivity index (χ2n) is 5.34. The standard InChI is InChI=1S/C18H16N2O4/c1-3-24-13-7-5-12(6-8-13)19-16(21)11-4-9-14-15(10-11)18(23)20(2)17(14)22/h4-10H,3H2,1-2H3,(H,19,21). The zero-order valence-electron chi connectivity index (χ0n) is 13.3. The summed E-state index contributed by atoms with van der Waals surface area (Å²) in [6.45, 7) is 2.47. The minimum Gasteiger partial charge on any atom is -0.494 e. The summed E-state index contributed by atoms with van der Waals surface area (Å²) in [5.74, 6) is -0.379. The van der Waals surface area contributed by atoms with Crippen molar-refractivity contribution < 1.29 is 19.1 Å². The lowest BCUT2D eigenvalue weighted by atomic mass is 10.1. The zero-order valence-corrected chi connectivity index (χ0v) is 13.3. The number of imide groups is 1. The van der Waals surface area contributed by atoms with Crippen molar-refractivity contribution in [2.75, 3.05) is 19.0 Å². The number of rotatable bonds is 4. The number of amides is 3. The van der Waals surface area contributed by atoms with E-state index in [1.807, 2.05) is 6.92 Å². The molecule has 24 heavy (non-hydrogen) atoms. The fourth-order valence-corrected chi connectivity index (χ4v) is 2.51. The Morgan fingerprint density at radius 2 is 1.71 bits per heavy atom. The summed E-state index contributed by atoms with van der Waals surface area (Å²) in [5, 5.41) is 2.75. The molecule has 6 heteroatoms. The molecule has 0 spiro atoms. The van der Waals surface area contributed by atoms with Crippen molar-refractivity contribution in [2.45, 2.75) is 6.92 Å². The average molecular weight is 324 g/mol. The van der Waals surface area contributed by atoms with Gasteiger partial charge < -0.3 is 10.1 Å². The summed E-state index contributed by atoms with van der Waals surface area (Å²) >= 11 is 0. The Morgan fingerprint density at radius 1 is 1.04 bits per heavy atom. The quantitative estimate of drug-likeness (QED) is 0.877. The highest BCUT2D eigenvalue weighted by molar-refractivity contribution is 6.22. The molecule has 2 aromatic rings. The summed E-state index contributed by atoms with van der Waals surface area (Å²) in [6.07, 6.45) is 0. The topological polar surface area (TPSA) is 75.7 Å². The average Bonchev–Trinajstić information content (AvgIpc) is 2.81. The minimum atomic E-state index is -0.397. The van der Waals surface area contributed by atoms with E-state index in [0.717, 1.165) is 10.6 Å². The second kappa shape index (κ2) is 6.16. The van der Waals surface area contributed by atoms with Crippen LogP contribution in [0.2, 0.25) is 0 Å². The van der Waals surface area contributed by atoms with Crippen LogP contribution in [0.1, 0.15) is 38.0 Å². The molecular weight excluding hydrogens is 308 g/mol. The number of hydrogen-bond acceptors (Lipinski definition) is 4. The molecular formula is C18H16N2O4. The number of fused-ring (bicyclic) bond motifs is 1. The fourth-order valence-electron chi connectivity index (χ4n) is 2.51. The summed E-state index contributed by atoms with van der Waals surface area (Å²) in [5.41, 5.74) is 1.50. The highest BCUT2D eigenvalue weighted by Gasteiger charge is 2.33. The van der Waals surface area contributed by atoms with E-state index in [1.54, 1.807) is 24.3 Å². The Labute approximate surface area is 139 Å². The van der Waals surface area contributed by atoms with Crippen molar-refractivity contribution in [2.24, 2.45) is 0 Å². The van der Waals surface area contributed by atoms with Gasteiger partial charge >= 0.3 is 0 Å². The van der Waals surface area contributed by atoms with E-state index in [1.165, 1.54) is 25.2 Å². The van der Waals surface area contributed by atoms with Gasteiger partial charge in [0.15, 0.2) is 0 Å². The third kappa shape index (κ3) is 2.74. The molecule has 0 aliphatic carbocycles. The van der Waals surface area contributed by atoms with E-state index in [0.29, 0.717) is 23.4 Å². The second-order valence-corrected chi connectivity index (χ2v) is 5.34. The van der Waals surface area contributed by atoms with E-state index >= 15 is 0 Å². The van der Waals surface area contributed by atoms with Crippen molar-refractivity contribution in [1.29, 1.82) is 0 Å². The smallest absolute Gasteiger partial charge is 0.261 e. The van der Waals surface area contributed by atoms with E-state index in [4.69, 9.17) is 4.74 Å². The number of nitrogens with one attached hydrogen (secondary N) is 1. The predicted octanol–water partition coefficient (Wildman–Crippen LogP) is 2.56. The number of ether oxygens (including phenoxy) is 1. The van der Waals surface area contributed by atoms with Crippen molar-refractivity contribution in [3.05, 3.63) is 59.2 Å². The summed E-state index contributed by atoms with van der Waals surface area (Å²) in [6, 6.07) is 11.5. The summed E-state index contributed by atoms with van der Waals surface area (Å²) in [7, 11) is 1.42. The first-order valence-electron chi connectivity index (χ1n) is 7.52. The Morgan fingerprint density at radius 3 is 2.38 bits per heavy atom. The maximum absolute atomic E-state index is 12.3. The van der Waals surface area contributed by atoms with Crippen molar-refractivity contribution in [1.82, 2.24) is 4.90 Å². The minimum absolute atomic E-state index is 0.252. The monoisotopic (exact) mass is 324 g/mol. The SMILES string of the molecule is CCOc1ccc(NC(=O)c2ccc3c(c2)C(=O)N(C)C3=O)cc1. The van der Waals surface area contributed by atoms with Crippen molar-refractivity contribution >= 4 is 23.4 Å². The number of benzene rings is 2. The number of hydrogen-bond donors (Lipinski definition) is 1. The Kier molecular flexibility index (Phi) is 4.04. The van der Waals surface area contributed by atoms with E-state index in [-0.39, 0.29) is 17.4 Å². The lowest BCUT2D eigenvalue weighted by molar-refractivity contribution is 0.0693. The molecule has 3 amide bonds. The first kappa shape index (κ1) is 15.7.